The first-order valence-electron chi connectivity index (χ1n) is 6.49. The average molecular weight is 288 g/mol. The monoisotopic (exact) mass is 288 g/mol. The van der Waals surface area contributed by atoms with Crippen LogP contribution in [0.4, 0.5) is 0 Å². The molecule has 0 aromatic carbocycles. The van der Waals surface area contributed by atoms with Crippen LogP contribution in [0.1, 0.15) is 6.92 Å². The van der Waals surface area contributed by atoms with E-state index in [2.05, 4.69) is 5.32 Å². The minimum atomic E-state index is -0.363. The van der Waals surface area contributed by atoms with E-state index in [1.165, 1.54) is 4.90 Å². The Morgan fingerprint density at radius 3 is 2.55 bits per heavy atom. The van der Waals surface area contributed by atoms with E-state index in [1.807, 2.05) is 0 Å². The maximum Gasteiger partial charge on any atom is 0.325 e. The first-order chi connectivity index (χ1) is 9.63. The summed E-state index contributed by atoms with van der Waals surface area (Å²) in [6.07, 6.45) is 0. The number of carbonyl (C=O) groups excluding carboxylic acids is 3. The van der Waals surface area contributed by atoms with E-state index >= 15 is 0 Å². The minimum Gasteiger partial charge on any atom is -0.465 e. The van der Waals surface area contributed by atoms with Crippen LogP contribution in [-0.2, 0) is 28.6 Å². The zero-order chi connectivity index (χ0) is 14.8. The van der Waals surface area contributed by atoms with Gasteiger partial charge in [0.15, 0.2) is 0 Å². The molecule has 8 heteroatoms. The van der Waals surface area contributed by atoms with Gasteiger partial charge >= 0.3 is 5.97 Å². The van der Waals surface area contributed by atoms with E-state index in [4.69, 9.17) is 14.2 Å². The number of hydrogen-bond acceptors (Lipinski definition) is 6. The Hall–Kier alpha value is -1.67. The number of morpholine rings is 2. The molecule has 20 heavy (non-hydrogen) atoms. The van der Waals surface area contributed by atoms with E-state index in [9.17, 15) is 14.4 Å². The summed E-state index contributed by atoms with van der Waals surface area (Å²) in [6.45, 7) is 4.71. The van der Waals surface area contributed by atoms with E-state index in [0.717, 1.165) is 0 Å². The van der Waals surface area contributed by atoms with Crippen LogP contribution in [0.15, 0.2) is 0 Å². The second kappa shape index (κ2) is 9.27. The van der Waals surface area contributed by atoms with Gasteiger partial charge in [0.05, 0.1) is 19.8 Å². The van der Waals surface area contributed by atoms with Gasteiger partial charge in [-0.15, -0.1) is 0 Å². The van der Waals surface area contributed by atoms with E-state index in [0.29, 0.717) is 32.9 Å². The second-order valence-electron chi connectivity index (χ2n) is 4.08. The molecule has 114 valence electrons. The van der Waals surface area contributed by atoms with Gasteiger partial charge in [-0.1, -0.05) is 0 Å². The highest BCUT2D eigenvalue weighted by molar-refractivity contribution is 5.83. The summed E-state index contributed by atoms with van der Waals surface area (Å²) >= 11 is 0. The third-order valence-electron chi connectivity index (χ3n) is 2.51. The highest BCUT2D eigenvalue weighted by Gasteiger charge is 2.21. The Morgan fingerprint density at radius 1 is 1.30 bits per heavy atom. The zero-order valence-electron chi connectivity index (χ0n) is 11.6. The molecule has 2 saturated heterocycles. The Bertz CT molecular complexity index is 339. The number of ether oxygens (including phenoxy) is 3. The number of rotatable bonds is 3. The number of carbonyl (C=O) groups is 3. The van der Waals surface area contributed by atoms with Gasteiger partial charge in [-0.3, -0.25) is 14.4 Å². The van der Waals surface area contributed by atoms with Gasteiger partial charge in [-0.05, 0) is 6.92 Å². The van der Waals surface area contributed by atoms with Gasteiger partial charge < -0.3 is 24.4 Å². The van der Waals surface area contributed by atoms with Gasteiger partial charge in [0.2, 0.25) is 11.8 Å². The third-order valence-corrected chi connectivity index (χ3v) is 2.51. The largest absolute Gasteiger partial charge is 0.465 e. The molecule has 2 aliphatic rings. The first-order valence-corrected chi connectivity index (χ1v) is 6.49. The lowest BCUT2D eigenvalue weighted by Crippen LogP contribution is -2.44. The summed E-state index contributed by atoms with van der Waals surface area (Å²) in [5.74, 6) is -0.525. The summed E-state index contributed by atoms with van der Waals surface area (Å²) in [5.41, 5.74) is 0. The molecular weight excluding hydrogens is 268 g/mol. The quantitative estimate of drug-likeness (QED) is 0.638. The smallest absolute Gasteiger partial charge is 0.325 e. The van der Waals surface area contributed by atoms with Crippen molar-refractivity contribution in [2.45, 2.75) is 6.92 Å². The summed E-state index contributed by atoms with van der Waals surface area (Å²) in [7, 11) is 0. The highest BCUT2D eigenvalue weighted by Crippen LogP contribution is 1.98. The van der Waals surface area contributed by atoms with E-state index < -0.39 is 0 Å². The van der Waals surface area contributed by atoms with Crippen molar-refractivity contribution in [3.63, 3.8) is 0 Å². The Kier molecular flexibility index (Phi) is 7.59. The number of hydrogen-bond donors (Lipinski definition) is 1. The number of esters is 1. The van der Waals surface area contributed by atoms with Gasteiger partial charge in [0, 0.05) is 13.1 Å². The number of nitrogens with zero attached hydrogens (tertiary/aromatic N) is 1. The molecule has 0 radical (unpaired) electrons. The summed E-state index contributed by atoms with van der Waals surface area (Å²) < 4.78 is 14.4. The van der Waals surface area contributed by atoms with Crippen molar-refractivity contribution in [1.29, 1.82) is 0 Å². The van der Waals surface area contributed by atoms with E-state index in [1.54, 1.807) is 6.92 Å². The fourth-order valence-electron chi connectivity index (χ4n) is 1.56. The molecule has 2 rings (SSSR count). The summed E-state index contributed by atoms with van der Waals surface area (Å²) in [6, 6.07) is 0. The van der Waals surface area contributed by atoms with Crippen LogP contribution in [0, 0.1) is 0 Å². The van der Waals surface area contributed by atoms with Crippen molar-refractivity contribution in [2.75, 3.05) is 52.7 Å². The van der Waals surface area contributed by atoms with E-state index in [-0.39, 0.29) is 37.5 Å². The van der Waals surface area contributed by atoms with Crippen LogP contribution in [0.5, 0.6) is 0 Å². The molecule has 2 amide bonds. The topological polar surface area (TPSA) is 94.2 Å². The van der Waals surface area contributed by atoms with Gasteiger partial charge in [0.1, 0.15) is 19.8 Å². The molecule has 1 N–H and O–H groups in total. The van der Waals surface area contributed by atoms with Crippen LogP contribution in [0.2, 0.25) is 0 Å². The van der Waals surface area contributed by atoms with Crippen molar-refractivity contribution in [3.8, 4) is 0 Å². The normalized spacial score (nSPS) is 18.8. The maximum absolute atomic E-state index is 11.1. The van der Waals surface area contributed by atoms with Crippen molar-refractivity contribution in [2.24, 2.45) is 0 Å². The van der Waals surface area contributed by atoms with Crippen molar-refractivity contribution < 1.29 is 28.6 Å². The molecule has 2 heterocycles. The van der Waals surface area contributed by atoms with Crippen LogP contribution in [0.3, 0.4) is 0 Å². The fourth-order valence-corrected chi connectivity index (χ4v) is 1.56. The molecule has 0 aliphatic carbocycles. The molecule has 2 fully saturated rings. The SMILES string of the molecule is CCOC(=O)CN1CCOCC1=O.O=C1COCCN1. The zero-order valence-corrected chi connectivity index (χ0v) is 11.6. The number of amides is 2. The maximum atomic E-state index is 11.1. The molecule has 0 atom stereocenters. The standard InChI is InChI=1S/C8H13NO4.C4H7NO2/c1-2-13-8(11)5-9-3-4-12-6-7(9)10;6-4-3-7-2-1-5-4/h2-6H2,1H3;1-3H2,(H,5,6). The molecule has 0 spiro atoms. The lowest BCUT2D eigenvalue weighted by atomic mass is 10.4. The van der Waals surface area contributed by atoms with Gasteiger partial charge in [-0.2, -0.15) is 0 Å². The molecule has 0 saturated carbocycles. The minimum absolute atomic E-state index is 0.00810. The Balaban J connectivity index is 0.000000240. The molecular formula is C12H20N2O6. The molecule has 0 aromatic rings. The fraction of sp³-hybridized carbons (Fsp3) is 0.750. The van der Waals surface area contributed by atoms with Crippen molar-refractivity contribution >= 4 is 17.8 Å². The molecule has 0 aromatic heterocycles. The third kappa shape index (κ3) is 6.48. The molecule has 0 unspecified atom stereocenters. The number of nitrogens with one attached hydrogen (secondary N) is 1. The summed E-state index contributed by atoms with van der Waals surface area (Å²) in [4.78, 5) is 33.8. The highest BCUT2D eigenvalue weighted by atomic mass is 16.5. The van der Waals surface area contributed by atoms with Gasteiger partial charge in [0.25, 0.3) is 0 Å². The molecule has 2 aliphatic heterocycles. The Morgan fingerprint density at radius 2 is 2.05 bits per heavy atom. The van der Waals surface area contributed by atoms with Gasteiger partial charge in [-0.25, -0.2) is 0 Å². The van der Waals surface area contributed by atoms with Crippen molar-refractivity contribution in [3.05, 3.63) is 0 Å². The van der Waals surface area contributed by atoms with Crippen LogP contribution < -0.4 is 5.32 Å². The predicted octanol–water partition coefficient (Wildman–Crippen LogP) is -1.46. The Labute approximate surface area is 117 Å². The molecule has 8 nitrogen and oxygen atoms in total. The first kappa shape index (κ1) is 16.4. The van der Waals surface area contributed by atoms with Crippen LogP contribution in [-0.4, -0.2) is 75.4 Å². The predicted molar refractivity (Wildman–Crippen MR) is 67.9 cm³/mol. The lowest BCUT2D eigenvalue weighted by Gasteiger charge is -2.25. The molecule has 0 bridgehead atoms. The lowest BCUT2D eigenvalue weighted by molar-refractivity contribution is -0.154. The average Bonchev–Trinajstić information content (AvgIpc) is 2.43. The van der Waals surface area contributed by atoms with Crippen LogP contribution in [0.25, 0.3) is 0 Å². The van der Waals surface area contributed by atoms with Crippen LogP contribution >= 0.6 is 0 Å². The second-order valence-corrected chi connectivity index (χ2v) is 4.08. The summed E-state index contributed by atoms with van der Waals surface area (Å²) in [5, 5.41) is 2.62. The van der Waals surface area contributed by atoms with Crippen molar-refractivity contribution in [1.82, 2.24) is 10.2 Å².